The largest absolute Gasteiger partial charge is 0.460 e. The van der Waals surface area contributed by atoms with Crippen LogP contribution >= 0.6 is 15.9 Å². The highest BCUT2D eigenvalue weighted by molar-refractivity contribution is 9.10. The molecule has 0 unspecified atom stereocenters. The van der Waals surface area contributed by atoms with Crippen LogP contribution in [0.15, 0.2) is 33.3 Å². The molecule has 2 N–H and O–H groups in total. The molecule has 0 fully saturated rings. The predicted molar refractivity (Wildman–Crippen MR) is 75.9 cm³/mol. The van der Waals surface area contributed by atoms with Crippen LogP contribution in [0.1, 0.15) is 11.5 Å². The van der Waals surface area contributed by atoms with Gasteiger partial charge >= 0.3 is 0 Å². The summed E-state index contributed by atoms with van der Waals surface area (Å²) < 4.78 is 8.19. The second-order valence-electron chi connectivity index (χ2n) is 4.29. The van der Waals surface area contributed by atoms with Crippen LogP contribution in [0.4, 0.5) is 0 Å². The molecule has 0 saturated carbocycles. The maximum atomic E-state index is 5.58. The van der Waals surface area contributed by atoms with Gasteiger partial charge in [-0.3, -0.25) is 0 Å². The second-order valence-corrected chi connectivity index (χ2v) is 5.04. The van der Waals surface area contributed by atoms with Crippen LogP contribution in [-0.2, 0) is 6.42 Å². The molecule has 0 aromatic carbocycles. The molecule has 0 saturated heterocycles. The number of aromatic nitrogens is 3. The molecular formula is C13H13BrN4O. The molecular weight excluding hydrogens is 308 g/mol. The van der Waals surface area contributed by atoms with Crippen LogP contribution in [0.25, 0.3) is 17.1 Å². The van der Waals surface area contributed by atoms with E-state index in [9.17, 15) is 0 Å². The summed E-state index contributed by atoms with van der Waals surface area (Å²) in [5, 5.41) is 4.53. The molecule has 0 aliphatic rings. The predicted octanol–water partition coefficient (Wildman–Crippen LogP) is 2.56. The molecule has 3 aromatic heterocycles. The van der Waals surface area contributed by atoms with Gasteiger partial charge in [0, 0.05) is 6.42 Å². The molecule has 3 heterocycles. The molecule has 0 bridgehead atoms. The van der Waals surface area contributed by atoms with Crippen molar-refractivity contribution in [2.75, 3.05) is 6.54 Å². The molecule has 3 aromatic rings. The molecule has 0 aliphatic heterocycles. The molecule has 98 valence electrons. The van der Waals surface area contributed by atoms with Gasteiger partial charge in [0.2, 0.25) is 0 Å². The summed E-state index contributed by atoms with van der Waals surface area (Å²) in [6.45, 7) is 2.47. The standard InChI is InChI=1S/C13H13BrN4O/c1-8-2-4-11(19-8)9-3-5-12-16-10(6-7-15)13(14)18(12)17-9/h2-5H,6-7,15H2,1H3. The molecule has 0 amide bonds. The summed E-state index contributed by atoms with van der Waals surface area (Å²) in [5.74, 6) is 1.62. The lowest BCUT2D eigenvalue weighted by molar-refractivity contribution is 0.545. The van der Waals surface area contributed by atoms with Gasteiger partial charge in [-0.1, -0.05) is 0 Å². The Balaban J connectivity index is 2.12. The highest BCUT2D eigenvalue weighted by Gasteiger charge is 2.12. The summed E-state index contributed by atoms with van der Waals surface area (Å²) in [6, 6.07) is 7.66. The molecule has 0 aliphatic carbocycles. The number of rotatable bonds is 3. The monoisotopic (exact) mass is 320 g/mol. The van der Waals surface area contributed by atoms with Gasteiger partial charge in [0.1, 0.15) is 16.1 Å². The average molecular weight is 321 g/mol. The van der Waals surface area contributed by atoms with Crippen LogP contribution in [0.2, 0.25) is 0 Å². The zero-order valence-corrected chi connectivity index (χ0v) is 12.0. The molecule has 3 rings (SSSR count). The quantitative estimate of drug-likeness (QED) is 0.805. The van der Waals surface area contributed by atoms with Gasteiger partial charge in [0.15, 0.2) is 11.4 Å². The Bertz CT molecular complexity index is 731. The van der Waals surface area contributed by atoms with Gasteiger partial charge in [0.05, 0.1) is 5.69 Å². The van der Waals surface area contributed by atoms with E-state index in [1.54, 1.807) is 4.52 Å². The number of nitrogens with two attached hydrogens (primary N) is 1. The number of aryl methyl sites for hydroxylation is 1. The molecule has 6 heteroatoms. The van der Waals surface area contributed by atoms with Crippen LogP contribution < -0.4 is 5.73 Å². The van der Waals surface area contributed by atoms with E-state index in [1.807, 2.05) is 31.2 Å². The van der Waals surface area contributed by atoms with Gasteiger partial charge in [-0.05, 0) is 53.7 Å². The average Bonchev–Trinajstić information content (AvgIpc) is 2.96. The molecule has 0 spiro atoms. The number of fused-ring (bicyclic) bond motifs is 1. The number of furan rings is 1. The Morgan fingerprint density at radius 1 is 1.32 bits per heavy atom. The first-order valence-corrected chi connectivity index (χ1v) is 6.79. The molecule has 0 radical (unpaired) electrons. The summed E-state index contributed by atoms with van der Waals surface area (Å²) in [4.78, 5) is 4.48. The SMILES string of the molecule is Cc1ccc(-c2ccc3nc(CCN)c(Br)n3n2)o1. The van der Waals surface area contributed by atoms with Gasteiger partial charge in [0.25, 0.3) is 0 Å². The van der Waals surface area contributed by atoms with Gasteiger partial charge in [-0.25, -0.2) is 9.50 Å². The first kappa shape index (κ1) is 12.4. The minimum absolute atomic E-state index is 0.562. The van der Waals surface area contributed by atoms with Crippen molar-refractivity contribution in [1.82, 2.24) is 14.6 Å². The Morgan fingerprint density at radius 2 is 2.16 bits per heavy atom. The third-order valence-corrected chi connectivity index (χ3v) is 3.66. The zero-order chi connectivity index (χ0) is 13.4. The lowest BCUT2D eigenvalue weighted by atomic mass is 10.3. The minimum Gasteiger partial charge on any atom is -0.460 e. The normalized spacial score (nSPS) is 11.3. The minimum atomic E-state index is 0.562. The lowest BCUT2D eigenvalue weighted by Gasteiger charge is -1.99. The van der Waals surface area contributed by atoms with Crippen LogP contribution in [-0.4, -0.2) is 21.1 Å². The Hall–Kier alpha value is -1.66. The number of hydrogen-bond donors (Lipinski definition) is 1. The van der Waals surface area contributed by atoms with Crippen molar-refractivity contribution in [3.63, 3.8) is 0 Å². The van der Waals surface area contributed by atoms with E-state index in [-0.39, 0.29) is 0 Å². The summed E-state index contributed by atoms with van der Waals surface area (Å²) in [6.07, 6.45) is 0.721. The smallest absolute Gasteiger partial charge is 0.155 e. The van der Waals surface area contributed by atoms with E-state index in [1.165, 1.54) is 0 Å². The molecule has 19 heavy (non-hydrogen) atoms. The van der Waals surface area contributed by atoms with Crippen molar-refractivity contribution < 1.29 is 4.42 Å². The van der Waals surface area contributed by atoms with E-state index < -0.39 is 0 Å². The number of hydrogen-bond acceptors (Lipinski definition) is 4. The van der Waals surface area contributed by atoms with Crippen molar-refractivity contribution in [3.8, 4) is 11.5 Å². The summed E-state index contributed by atoms with van der Waals surface area (Å²) in [7, 11) is 0. The first-order valence-electron chi connectivity index (χ1n) is 6.00. The summed E-state index contributed by atoms with van der Waals surface area (Å²) in [5.41, 5.74) is 8.06. The van der Waals surface area contributed by atoms with Crippen LogP contribution in [0.3, 0.4) is 0 Å². The number of nitrogens with zero attached hydrogens (tertiary/aromatic N) is 3. The third kappa shape index (κ3) is 2.17. The molecule has 5 nitrogen and oxygen atoms in total. The van der Waals surface area contributed by atoms with Crippen molar-refractivity contribution in [3.05, 3.63) is 40.3 Å². The fourth-order valence-corrected chi connectivity index (χ4v) is 2.50. The van der Waals surface area contributed by atoms with Crippen molar-refractivity contribution in [2.24, 2.45) is 5.73 Å². The number of halogens is 1. The topological polar surface area (TPSA) is 69.3 Å². The second kappa shape index (κ2) is 4.79. The van der Waals surface area contributed by atoms with Gasteiger partial charge < -0.3 is 10.2 Å². The van der Waals surface area contributed by atoms with E-state index in [0.717, 1.165) is 39.6 Å². The first-order chi connectivity index (χ1) is 9.19. The van der Waals surface area contributed by atoms with E-state index >= 15 is 0 Å². The highest BCUT2D eigenvalue weighted by atomic mass is 79.9. The maximum absolute atomic E-state index is 5.58. The van der Waals surface area contributed by atoms with Crippen LogP contribution in [0, 0.1) is 6.92 Å². The lowest BCUT2D eigenvalue weighted by Crippen LogP contribution is -2.03. The fraction of sp³-hybridized carbons (Fsp3) is 0.231. The Kier molecular flexibility index (Phi) is 3.12. The maximum Gasteiger partial charge on any atom is 0.155 e. The molecule has 0 atom stereocenters. The van der Waals surface area contributed by atoms with Crippen molar-refractivity contribution >= 4 is 21.6 Å². The zero-order valence-electron chi connectivity index (χ0n) is 10.4. The van der Waals surface area contributed by atoms with E-state index in [2.05, 4.69) is 26.0 Å². The van der Waals surface area contributed by atoms with Crippen molar-refractivity contribution in [1.29, 1.82) is 0 Å². The van der Waals surface area contributed by atoms with Crippen LogP contribution in [0.5, 0.6) is 0 Å². The number of imidazole rings is 1. The van der Waals surface area contributed by atoms with Gasteiger partial charge in [-0.15, -0.1) is 0 Å². The van der Waals surface area contributed by atoms with Crippen molar-refractivity contribution in [2.45, 2.75) is 13.3 Å². The Morgan fingerprint density at radius 3 is 2.84 bits per heavy atom. The van der Waals surface area contributed by atoms with E-state index in [0.29, 0.717) is 6.54 Å². The van der Waals surface area contributed by atoms with Gasteiger partial charge in [-0.2, -0.15) is 5.10 Å². The third-order valence-electron chi connectivity index (χ3n) is 2.86. The highest BCUT2D eigenvalue weighted by Crippen LogP contribution is 2.23. The fourth-order valence-electron chi connectivity index (χ4n) is 1.95. The Labute approximate surface area is 118 Å². The summed E-state index contributed by atoms with van der Waals surface area (Å²) >= 11 is 3.52. The van der Waals surface area contributed by atoms with E-state index in [4.69, 9.17) is 10.2 Å².